The van der Waals surface area contributed by atoms with Crippen LogP contribution in [-0.4, -0.2) is 49.9 Å². The first-order valence-corrected chi connectivity index (χ1v) is 14.0. The highest BCUT2D eigenvalue weighted by molar-refractivity contribution is 7.86. The molecule has 0 heterocycles. The molecule has 33 heavy (non-hydrogen) atoms. The lowest BCUT2D eigenvalue weighted by atomic mass is 10.3. The molecule has 3 aromatic rings. The molecule has 3 rings (SSSR count). The first-order chi connectivity index (χ1) is 14.3. The summed E-state index contributed by atoms with van der Waals surface area (Å²) in [6.45, 7) is 0. The highest BCUT2D eigenvalue weighted by Gasteiger charge is 2.23. The number of hydrogen-bond acceptors (Lipinski definition) is 6. The fourth-order valence-electron chi connectivity index (χ4n) is 2.80. The Morgan fingerprint density at radius 3 is 0.939 bits per heavy atom. The Hall–Kier alpha value is -2.26. The van der Waals surface area contributed by atoms with Gasteiger partial charge in [0.1, 0.15) is 0 Å². The van der Waals surface area contributed by atoms with E-state index in [4.69, 9.17) is 0 Å². The van der Waals surface area contributed by atoms with E-state index in [1.807, 2.05) is 0 Å². The Morgan fingerprint density at radius 1 is 0.485 bits per heavy atom. The van der Waals surface area contributed by atoms with Crippen LogP contribution in [0.1, 0.15) is 0 Å². The van der Waals surface area contributed by atoms with Gasteiger partial charge in [0, 0.05) is 0 Å². The largest absolute Gasteiger partial charge is 0.412 e. The summed E-state index contributed by atoms with van der Waals surface area (Å²) in [7, 11) is -15.4. The maximum absolute atomic E-state index is 11.6. The van der Waals surface area contributed by atoms with Gasteiger partial charge in [-0.1, -0.05) is 36.4 Å². The lowest BCUT2D eigenvalue weighted by Gasteiger charge is -2.20. The average molecular weight is 539 g/mol. The van der Waals surface area contributed by atoms with Crippen LogP contribution in [0.25, 0.3) is 0 Å². The molecule has 180 valence electrons. The van der Waals surface area contributed by atoms with Gasteiger partial charge in [-0.05, 0) is 60.2 Å². The normalized spacial score (nSPS) is 12.0. The van der Waals surface area contributed by atoms with Crippen molar-refractivity contribution in [1.29, 1.82) is 0 Å². The SMILES string of the molecule is O.O.O=S(=O)(O)c1cccc(P(c2cccc(S(=O)(=O)O)c2)c2cccc(S(=O)(=O)O)c2)c1. The molecule has 0 fully saturated rings. The van der Waals surface area contributed by atoms with Gasteiger partial charge in [-0.25, -0.2) is 0 Å². The highest BCUT2D eigenvalue weighted by atomic mass is 32.2. The predicted molar refractivity (Wildman–Crippen MR) is 122 cm³/mol. The second-order valence-corrected chi connectivity index (χ2v) is 12.7. The molecular weight excluding hydrogens is 519 g/mol. The van der Waals surface area contributed by atoms with Gasteiger partial charge in [-0.15, -0.1) is 0 Å². The smallest absolute Gasteiger partial charge is 0.294 e. The number of rotatable bonds is 6. The maximum atomic E-state index is 11.6. The van der Waals surface area contributed by atoms with E-state index in [0.717, 1.165) is 18.2 Å². The second kappa shape index (κ2) is 10.3. The van der Waals surface area contributed by atoms with Crippen molar-refractivity contribution in [2.45, 2.75) is 14.7 Å². The van der Waals surface area contributed by atoms with E-state index in [1.165, 1.54) is 54.6 Å². The van der Waals surface area contributed by atoms with E-state index in [-0.39, 0.29) is 11.0 Å². The summed E-state index contributed by atoms with van der Waals surface area (Å²) in [4.78, 5) is -1.22. The summed E-state index contributed by atoms with van der Waals surface area (Å²) in [5.74, 6) is 0. The molecule has 0 bridgehead atoms. The van der Waals surface area contributed by atoms with Gasteiger partial charge in [-0.2, -0.15) is 25.3 Å². The van der Waals surface area contributed by atoms with Crippen LogP contribution >= 0.6 is 7.92 Å². The van der Waals surface area contributed by atoms with Crippen LogP contribution in [0.2, 0.25) is 0 Å². The van der Waals surface area contributed by atoms with Gasteiger partial charge >= 0.3 is 0 Å². The average Bonchev–Trinajstić information content (AvgIpc) is 2.67. The maximum Gasteiger partial charge on any atom is 0.294 e. The van der Waals surface area contributed by atoms with Crippen LogP contribution in [0.3, 0.4) is 0 Å². The highest BCUT2D eigenvalue weighted by Crippen LogP contribution is 2.34. The molecule has 0 unspecified atom stereocenters. The van der Waals surface area contributed by atoms with E-state index >= 15 is 0 Å². The van der Waals surface area contributed by atoms with E-state index in [2.05, 4.69) is 0 Å². The number of hydrogen-bond donors (Lipinski definition) is 3. The quantitative estimate of drug-likeness (QED) is 0.272. The molecule has 7 N–H and O–H groups in total. The van der Waals surface area contributed by atoms with Gasteiger partial charge in [-0.3, -0.25) is 13.7 Å². The molecular formula is C18H19O11PS3. The third-order valence-corrected chi connectivity index (χ3v) is 9.05. The van der Waals surface area contributed by atoms with Crippen molar-refractivity contribution < 1.29 is 49.9 Å². The Labute approximate surface area is 191 Å². The fourth-order valence-corrected chi connectivity index (χ4v) is 7.04. The van der Waals surface area contributed by atoms with Crippen LogP contribution in [0.4, 0.5) is 0 Å². The molecule has 0 aliphatic heterocycles. The van der Waals surface area contributed by atoms with Crippen molar-refractivity contribution in [3.63, 3.8) is 0 Å². The molecule has 0 saturated heterocycles. The molecule has 0 aliphatic carbocycles. The molecule has 0 saturated carbocycles. The van der Waals surface area contributed by atoms with Crippen LogP contribution in [-0.2, 0) is 30.4 Å². The minimum Gasteiger partial charge on any atom is -0.412 e. The molecule has 11 nitrogen and oxygen atoms in total. The summed E-state index contributed by atoms with van der Waals surface area (Å²) in [5.41, 5.74) is 0. The lowest BCUT2D eigenvalue weighted by Crippen LogP contribution is -2.22. The van der Waals surface area contributed by atoms with Gasteiger partial charge in [0.15, 0.2) is 0 Å². The van der Waals surface area contributed by atoms with E-state index in [1.54, 1.807) is 0 Å². The third kappa shape index (κ3) is 6.86. The monoisotopic (exact) mass is 538 g/mol. The van der Waals surface area contributed by atoms with Crippen molar-refractivity contribution >= 4 is 54.2 Å². The zero-order chi connectivity index (χ0) is 23.0. The fraction of sp³-hybridized carbons (Fsp3) is 0. The molecule has 0 atom stereocenters. The molecule has 0 aliphatic rings. The summed E-state index contributed by atoms with van der Waals surface area (Å²) in [6, 6.07) is 15.7. The van der Waals surface area contributed by atoms with Crippen LogP contribution in [0, 0.1) is 0 Å². The summed E-state index contributed by atoms with van der Waals surface area (Å²) < 4.78 is 97.7. The van der Waals surface area contributed by atoms with Crippen molar-refractivity contribution in [3.8, 4) is 0 Å². The Balaban J connectivity index is 0.00000272. The van der Waals surface area contributed by atoms with Crippen LogP contribution in [0.15, 0.2) is 87.5 Å². The van der Waals surface area contributed by atoms with Crippen LogP contribution in [0.5, 0.6) is 0 Å². The van der Waals surface area contributed by atoms with Gasteiger partial charge in [0.2, 0.25) is 0 Å². The van der Waals surface area contributed by atoms with Gasteiger partial charge in [0.25, 0.3) is 30.4 Å². The minimum absolute atomic E-state index is 0. The molecule has 15 heteroatoms. The lowest BCUT2D eigenvalue weighted by molar-refractivity contribution is 0.481. The van der Waals surface area contributed by atoms with Gasteiger partial charge < -0.3 is 11.0 Å². The zero-order valence-electron chi connectivity index (χ0n) is 16.4. The first-order valence-electron chi connectivity index (χ1n) is 8.30. The van der Waals surface area contributed by atoms with Crippen LogP contribution < -0.4 is 15.9 Å². The first kappa shape index (κ1) is 28.8. The zero-order valence-corrected chi connectivity index (χ0v) is 19.7. The number of benzene rings is 3. The molecule has 0 spiro atoms. The molecule has 0 radical (unpaired) electrons. The summed E-state index contributed by atoms with van der Waals surface area (Å²) in [6.07, 6.45) is 0. The van der Waals surface area contributed by atoms with E-state index in [9.17, 15) is 38.9 Å². The molecule has 0 aromatic heterocycles. The van der Waals surface area contributed by atoms with Gasteiger partial charge in [0.05, 0.1) is 14.7 Å². The third-order valence-electron chi connectivity index (χ3n) is 4.12. The predicted octanol–water partition coefficient (Wildman–Crippen LogP) is -0.464. The van der Waals surface area contributed by atoms with Crippen molar-refractivity contribution in [2.75, 3.05) is 0 Å². The van der Waals surface area contributed by atoms with Crippen molar-refractivity contribution in [1.82, 2.24) is 0 Å². The van der Waals surface area contributed by atoms with Crippen molar-refractivity contribution in [3.05, 3.63) is 72.8 Å². The molecule has 3 aromatic carbocycles. The minimum atomic E-state index is -4.55. The molecule has 0 amide bonds. The standard InChI is InChI=1S/C18H15O9PS3.2H2O/c19-29(20,21)16-7-1-4-13(10-16)28(14-5-2-8-17(11-14)30(22,23)24)15-6-3-9-18(12-15)31(25,26)27;;/h1-12H,(H,19,20,21)(H,22,23,24)(H,25,26,27);2*1H2. The Morgan fingerprint density at radius 2 is 0.727 bits per heavy atom. The second-order valence-electron chi connectivity index (χ2n) is 6.25. The summed E-state index contributed by atoms with van der Waals surface area (Å²) in [5, 5.41) is 1.01. The van der Waals surface area contributed by atoms with E-state index in [0.29, 0.717) is 15.9 Å². The Kier molecular flexibility index (Phi) is 9.02. The Bertz CT molecular complexity index is 1290. The van der Waals surface area contributed by atoms with E-state index < -0.39 is 53.0 Å². The summed E-state index contributed by atoms with van der Waals surface area (Å²) >= 11 is 0. The van der Waals surface area contributed by atoms with Crippen molar-refractivity contribution in [2.24, 2.45) is 0 Å². The topological polar surface area (TPSA) is 226 Å².